The van der Waals surface area contributed by atoms with E-state index < -0.39 is 0 Å². The number of rotatable bonds is 5. The molecule has 1 fully saturated rings. The zero-order valence-corrected chi connectivity index (χ0v) is 16.3. The van der Waals surface area contributed by atoms with E-state index in [-0.39, 0.29) is 11.8 Å². The van der Waals surface area contributed by atoms with E-state index >= 15 is 0 Å². The Labute approximate surface area is 164 Å². The second kappa shape index (κ2) is 8.65. The molecule has 2 aromatic rings. The molecular formula is C21H24N2O5. The maximum absolute atomic E-state index is 12.9. The van der Waals surface area contributed by atoms with Crippen molar-refractivity contribution in [3.05, 3.63) is 53.6 Å². The highest BCUT2D eigenvalue weighted by Crippen LogP contribution is 2.26. The smallest absolute Gasteiger partial charge is 0.257 e. The molecule has 0 radical (unpaired) electrons. The molecule has 7 heteroatoms. The summed E-state index contributed by atoms with van der Waals surface area (Å²) < 4.78 is 15.7. The van der Waals surface area contributed by atoms with Crippen LogP contribution in [0.25, 0.3) is 0 Å². The summed E-state index contributed by atoms with van der Waals surface area (Å²) in [7, 11) is 4.67. The highest BCUT2D eigenvalue weighted by Gasteiger charge is 2.27. The van der Waals surface area contributed by atoms with Crippen LogP contribution in [0.2, 0.25) is 0 Å². The second-order valence-corrected chi connectivity index (χ2v) is 6.38. The lowest BCUT2D eigenvalue weighted by molar-refractivity contribution is 0.0533. The van der Waals surface area contributed by atoms with E-state index in [0.29, 0.717) is 54.6 Å². The van der Waals surface area contributed by atoms with Crippen molar-refractivity contribution >= 4 is 11.8 Å². The quantitative estimate of drug-likeness (QED) is 0.791. The third-order valence-corrected chi connectivity index (χ3v) is 4.83. The van der Waals surface area contributed by atoms with Gasteiger partial charge in [0.2, 0.25) is 0 Å². The lowest BCUT2D eigenvalue weighted by Gasteiger charge is -2.35. The van der Waals surface area contributed by atoms with E-state index in [1.807, 2.05) is 0 Å². The normalized spacial score (nSPS) is 13.8. The Morgan fingerprint density at radius 3 is 1.79 bits per heavy atom. The number of nitrogens with zero attached hydrogens (tertiary/aromatic N) is 2. The van der Waals surface area contributed by atoms with E-state index in [9.17, 15) is 9.59 Å². The first-order valence-electron chi connectivity index (χ1n) is 9.02. The summed E-state index contributed by atoms with van der Waals surface area (Å²) in [6.45, 7) is 1.87. The molecule has 2 aromatic carbocycles. The van der Waals surface area contributed by atoms with Crippen LogP contribution in [0.15, 0.2) is 42.5 Å². The van der Waals surface area contributed by atoms with Gasteiger partial charge < -0.3 is 24.0 Å². The predicted molar refractivity (Wildman–Crippen MR) is 104 cm³/mol. The summed E-state index contributed by atoms with van der Waals surface area (Å²) in [4.78, 5) is 29.1. The molecule has 3 rings (SSSR count). The molecule has 0 N–H and O–H groups in total. The van der Waals surface area contributed by atoms with Gasteiger partial charge >= 0.3 is 0 Å². The number of amides is 2. The third-order valence-electron chi connectivity index (χ3n) is 4.83. The third kappa shape index (κ3) is 4.03. The van der Waals surface area contributed by atoms with Gasteiger partial charge in [0.15, 0.2) is 0 Å². The molecule has 0 atom stereocenters. The van der Waals surface area contributed by atoms with Crippen LogP contribution in [0, 0.1) is 0 Å². The van der Waals surface area contributed by atoms with E-state index in [1.54, 1.807) is 66.5 Å². The van der Waals surface area contributed by atoms with Gasteiger partial charge in [-0.05, 0) is 42.5 Å². The molecule has 2 amide bonds. The van der Waals surface area contributed by atoms with Gasteiger partial charge in [0.1, 0.15) is 17.2 Å². The van der Waals surface area contributed by atoms with Gasteiger partial charge in [-0.3, -0.25) is 9.59 Å². The SMILES string of the molecule is COc1ccc(C(=O)N2CCN(C(=O)c3cc(OC)ccc3OC)CC2)cc1. The van der Waals surface area contributed by atoms with Crippen molar-refractivity contribution in [3.8, 4) is 17.2 Å². The summed E-state index contributed by atoms with van der Waals surface area (Å²) >= 11 is 0. The Kier molecular flexibility index (Phi) is 6.03. The number of carbonyl (C=O) groups is 2. The average Bonchev–Trinajstić information content (AvgIpc) is 2.77. The Balaban J connectivity index is 1.66. The van der Waals surface area contributed by atoms with Gasteiger partial charge in [0.05, 0.1) is 26.9 Å². The fraction of sp³-hybridized carbons (Fsp3) is 0.333. The lowest BCUT2D eigenvalue weighted by atomic mass is 10.1. The molecule has 1 saturated heterocycles. The highest BCUT2D eigenvalue weighted by molar-refractivity contribution is 5.98. The van der Waals surface area contributed by atoms with Crippen LogP contribution in [0.3, 0.4) is 0 Å². The molecule has 0 unspecified atom stereocenters. The Morgan fingerprint density at radius 1 is 0.714 bits per heavy atom. The molecule has 148 valence electrons. The van der Waals surface area contributed by atoms with Crippen molar-refractivity contribution < 1.29 is 23.8 Å². The van der Waals surface area contributed by atoms with Crippen molar-refractivity contribution in [1.82, 2.24) is 9.80 Å². The van der Waals surface area contributed by atoms with Crippen LogP contribution in [0.5, 0.6) is 17.2 Å². The first kappa shape index (κ1) is 19.5. The number of piperazine rings is 1. The monoisotopic (exact) mass is 384 g/mol. The summed E-state index contributed by atoms with van der Waals surface area (Å²) in [6, 6.07) is 12.2. The molecular weight excluding hydrogens is 360 g/mol. The predicted octanol–water partition coefficient (Wildman–Crippen LogP) is 2.31. The van der Waals surface area contributed by atoms with Gasteiger partial charge in [-0.2, -0.15) is 0 Å². The van der Waals surface area contributed by atoms with E-state index in [1.165, 1.54) is 7.11 Å². The summed E-state index contributed by atoms with van der Waals surface area (Å²) in [5.74, 6) is 1.63. The molecule has 0 spiro atoms. The number of benzene rings is 2. The summed E-state index contributed by atoms with van der Waals surface area (Å²) in [6.07, 6.45) is 0. The van der Waals surface area contributed by atoms with E-state index in [0.717, 1.165) is 0 Å². The van der Waals surface area contributed by atoms with Crippen molar-refractivity contribution in [2.75, 3.05) is 47.5 Å². The second-order valence-electron chi connectivity index (χ2n) is 6.38. The Morgan fingerprint density at radius 2 is 1.25 bits per heavy atom. The number of hydrogen-bond acceptors (Lipinski definition) is 5. The minimum absolute atomic E-state index is 0.0475. The Bertz CT molecular complexity index is 842. The van der Waals surface area contributed by atoms with Gasteiger partial charge in [0, 0.05) is 31.7 Å². The topological polar surface area (TPSA) is 68.3 Å². The van der Waals surface area contributed by atoms with Gasteiger partial charge in [-0.1, -0.05) is 0 Å². The average molecular weight is 384 g/mol. The molecule has 1 heterocycles. The first-order chi connectivity index (χ1) is 13.6. The van der Waals surface area contributed by atoms with Crippen LogP contribution in [-0.4, -0.2) is 69.1 Å². The number of hydrogen-bond donors (Lipinski definition) is 0. The molecule has 0 bridgehead atoms. The Hall–Kier alpha value is -3.22. The molecule has 1 aliphatic heterocycles. The minimum atomic E-state index is -0.132. The van der Waals surface area contributed by atoms with Crippen molar-refractivity contribution in [3.63, 3.8) is 0 Å². The van der Waals surface area contributed by atoms with Crippen LogP contribution in [0.1, 0.15) is 20.7 Å². The van der Waals surface area contributed by atoms with Crippen LogP contribution < -0.4 is 14.2 Å². The number of carbonyl (C=O) groups excluding carboxylic acids is 2. The zero-order valence-electron chi connectivity index (χ0n) is 16.3. The maximum atomic E-state index is 12.9. The van der Waals surface area contributed by atoms with Gasteiger partial charge in [0.25, 0.3) is 11.8 Å². The van der Waals surface area contributed by atoms with Gasteiger partial charge in [-0.15, -0.1) is 0 Å². The van der Waals surface area contributed by atoms with Crippen molar-refractivity contribution in [2.45, 2.75) is 0 Å². The fourth-order valence-corrected chi connectivity index (χ4v) is 3.18. The van der Waals surface area contributed by atoms with Crippen LogP contribution in [0.4, 0.5) is 0 Å². The first-order valence-corrected chi connectivity index (χ1v) is 9.02. The highest BCUT2D eigenvalue weighted by atomic mass is 16.5. The van der Waals surface area contributed by atoms with Crippen molar-refractivity contribution in [1.29, 1.82) is 0 Å². The van der Waals surface area contributed by atoms with Crippen LogP contribution >= 0.6 is 0 Å². The van der Waals surface area contributed by atoms with E-state index in [4.69, 9.17) is 14.2 Å². The summed E-state index contributed by atoms with van der Waals surface area (Å²) in [5, 5.41) is 0. The lowest BCUT2D eigenvalue weighted by Crippen LogP contribution is -2.50. The van der Waals surface area contributed by atoms with Gasteiger partial charge in [-0.25, -0.2) is 0 Å². The maximum Gasteiger partial charge on any atom is 0.257 e. The zero-order chi connectivity index (χ0) is 20.1. The fourth-order valence-electron chi connectivity index (χ4n) is 3.18. The molecule has 28 heavy (non-hydrogen) atoms. The molecule has 0 aliphatic carbocycles. The molecule has 0 aromatic heterocycles. The van der Waals surface area contributed by atoms with Crippen LogP contribution in [-0.2, 0) is 0 Å². The molecule has 1 aliphatic rings. The van der Waals surface area contributed by atoms with Crippen molar-refractivity contribution in [2.24, 2.45) is 0 Å². The number of methoxy groups -OCH3 is 3. The molecule has 7 nitrogen and oxygen atoms in total. The largest absolute Gasteiger partial charge is 0.497 e. The molecule has 0 saturated carbocycles. The number of ether oxygens (including phenoxy) is 3. The summed E-state index contributed by atoms with van der Waals surface area (Å²) in [5.41, 5.74) is 1.06. The minimum Gasteiger partial charge on any atom is -0.497 e. The van der Waals surface area contributed by atoms with E-state index in [2.05, 4.69) is 0 Å². The standard InChI is InChI=1S/C21H24N2O5/c1-26-16-6-4-15(5-7-16)20(24)22-10-12-23(13-11-22)21(25)18-14-17(27-2)8-9-19(18)28-3/h4-9,14H,10-13H2,1-3H3.